The molecule has 1 saturated heterocycles. The molecule has 0 unspecified atom stereocenters. The number of hydrogen-bond acceptors (Lipinski definition) is 14. The zero-order chi connectivity index (χ0) is 26.1. The molecule has 0 bridgehead atoms. The number of esters is 4. The van der Waals surface area contributed by atoms with Gasteiger partial charge in [-0.3, -0.25) is 19.2 Å². The fourth-order valence-electron chi connectivity index (χ4n) is 2.90. The first-order valence-electron chi connectivity index (χ1n) is 9.88. The summed E-state index contributed by atoms with van der Waals surface area (Å²) >= 11 is 0. The van der Waals surface area contributed by atoms with Crippen LogP contribution in [0.25, 0.3) is 0 Å². The van der Waals surface area contributed by atoms with Crippen LogP contribution in [0, 0.1) is 0 Å². The number of ether oxygens (including phenoxy) is 6. The average Bonchev–Trinajstić information content (AvgIpc) is 2.66. The number of carbonyl (C=O) groups is 5. The smallest absolute Gasteiger partial charge is 0.748 e. The zero-order valence-corrected chi connectivity index (χ0v) is 22.7. The van der Waals surface area contributed by atoms with Crippen LogP contribution in [0.5, 0.6) is 0 Å². The molecule has 1 fully saturated rings. The van der Waals surface area contributed by atoms with E-state index < -0.39 is 83.2 Å². The molecule has 194 valence electrons. The fraction of sp³-hybridized carbons (Fsp3) is 0.722. The molecule has 1 aliphatic heterocycles. The van der Waals surface area contributed by atoms with Gasteiger partial charge < -0.3 is 38.3 Å². The van der Waals surface area contributed by atoms with Crippen LogP contribution in [-0.4, -0.2) is 92.6 Å². The summed E-state index contributed by atoms with van der Waals surface area (Å²) < 4.78 is 62.7. The van der Waals surface area contributed by atoms with Gasteiger partial charge in [0.2, 0.25) is 12.4 Å². The molecule has 0 aromatic heterocycles. The summed E-state index contributed by atoms with van der Waals surface area (Å²) in [6, 6.07) is 0. The number of alkyl carbamates (subject to hydrolysis) is 1. The molecule has 0 radical (unpaired) electrons. The van der Waals surface area contributed by atoms with Crippen LogP contribution >= 0.6 is 0 Å². The van der Waals surface area contributed by atoms with Gasteiger partial charge in [0.15, 0.2) is 12.2 Å². The van der Waals surface area contributed by atoms with E-state index in [0.29, 0.717) is 0 Å². The first-order chi connectivity index (χ1) is 15.7. The van der Waals surface area contributed by atoms with Gasteiger partial charge in [-0.2, -0.15) is 0 Å². The predicted octanol–water partition coefficient (Wildman–Crippen LogP) is -4.26. The van der Waals surface area contributed by atoms with Crippen LogP contribution in [0.2, 0.25) is 0 Å². The Morgan fingerprint density at radius 2 is 1.31 bits per heavy atom. The van der Waals surface area contributed by atoms with E-state index in [4.69, 9.17) is 28.4 Å². The van der Waals surface area contributed by atoms with Gasteiger partial charge in [-0.25, -0.2) is 13.2 Å². The van der Waals surface area contributed by atoms with Crippen molar-refractivity contribution >= 4 is 40.1 Å². The monoisotopic (exact) mass is 535 g/mol. The van der Waals surface area contributed by atoms with Crippen molar-refractivity contribution in [1.82, 2.24) is 5.32 Å². The van der Waals surface area contributed by atoms with Crippen LogP contribution in [-0.2, 0) is 57.7 Å². The van der Waals surface area contributed by atoms with Crippen molar-refractivity contribution < 1.29 is 94.9 Å². The molecule has 35 heavy (non-hydrogen) atoms. The average molecular weight is 535 g/mol. The van der Waals surface area contributed by atoms with E-state index in [1.165, 1.54) is 0 Å². The summed E-state index contributed by atoms with van der Waals surface area (Å²) in [5.41, 5.74) is 0. The Morgan fingerprint density at radius 3 is 1.80 bits per heavy atom. The summed E-state index contributed by atoms with van der Waals surface area (Å²) in [4.78, 5) is 58.4. The van der Waals surface area contributed by atoms with E-state index >= 15 is 0 Å². The largest absolute Gasteiger partial charge is 1.00 e. The molecule has 1 aliphatic rings. The van der Waals surface area contributed by atoms with Crippen molar-refractivity contribution in [1.29, 1.82) is 0 Å². The number of nitrogens with one attached hydrogen (secondary N) is 1. The Balaban J connectivity index is 0.0000116. The van der Waals surface area contributed by atoms with Crippen LogP contribution in [0.15, 0.2) is 0 Å². The third-order valence-corrected chi connectivity index (χ3v) is 4.79. The molecule has 0 saturated carbocycles. The second-order valence-corrected chi connectivity index (χ2v) is 8.54. The van der Waals surface area contributed by atoms with Crippen LogP contribution in [0.1, 0.15) is 34.1 Å². The normalized spacial score (nSPS) is 23.6. The molecule has 1 N–H and O–H groups in total. The van der Waals surface area contributed by atoms with Gasteiger partial charge in [0, 0.05) is 40.0 Å². The number of rotatable bonds is 10. The first-order valence-corrected chi connectivity index (χ1v) is 11.5. The zero-order valence-electron chi connectivity index (χ0n) is 19.8. The molecular weight excluding hydrogens is 509 g/mol. The van der Waals surface area contributed by atoms with Crippen LogP contribution < -0.4 is 34.9 Å². The second kappa shape index (κ2) is 15.2. The second-order valence-electron chi connectivity index (χ2n) is 7.02. The van der Waals surface area contributed by atoms with E-state index in [0.717, 1.165) is 27.7 Å². The molecular formula is C18H26NNaO14S. The van der Waals surface area contributed by atoms with Crippen molar-refractivity contribution in [3.63, 3.8) is 0 Å². The molecule has 0 spiro atoms. The SMILES string of the molecule is CC(=O)O[C@H]1O[C@H](COC(=O)NCCCS(=O)(=O)[O-])[C@@H](OC(C)=O)[C@H](OC(C)=O)[C@H]1OC(C)=O.[Na+]. The van der Waals surface area contributed by atoms with Gasteiger partial charge in [0.1, 0.15) is 12.7 Å². The van der Waals surface area contributed by atoms with Crippen molar-refractivity contribution in [2.24, 2.45) is 0 Å². The molecule has 1 rings (SSSR count). The topological polar surface area (TPSA) is 210 Å². The summed E-state index contributed by atoms with van der Waals surface area (Å²) in [6.45, 7) is 3.33. The van der Waals surface area contributed by atoms with E-state index in [9.17, 15) is 36.9 Å². The first kappa shape index (κ1) is 33.0. The molecule has 5 atom stereocenters. The predicted molar refractivity (Wildman–Crippen MR) is 106 cm³/mol. The van der Waals surface area contributed by atoms with Gasteiger partial charge >= 0.3 is 59.5 Å². The van der Waals surface area contributed by atoms with E-state index in [-0.39, 0.29) is 42.5 Å². The molecule has 1 amide bonds. The minimum atomic E-state index is -4.45. The van der Waals surface area contributed by atoms with Gasteiger partial charge in [-0.05, 0) is 6.42 Å². The standard InChI is InChI=1S/C18H27NO14S.Na/c1-9(20)29-14-13(8-28-18(24)19-6-5-7-34(25,26)27)33-17(32-12(4)23)16(31-11(3)22)15(14)30-10(2)21;/h13-17H,5-8H2,1-4H3,(H,19,24)(H,25,26,27);/q;+1/p-1/t13-,14-,15+,16-,17+;/m1./s1. The Morgan fingerprint density at radius 1 is 0.829 bits per heavy atom. The van der Waals surface area contributed by atoms with Crippen molar-refractivity contribution in [2.75, 3.05) is 18.9 Å². The molecule has 15 nitrogen and oxygen atoms in total. The Kier molecular flexibility index (Phi) is 14.3. The minimum Gasteiger partial charge on any atom is -0.748 e. The van der Waals surface area contributed by atoms with E-state index in [1.54, 1.807) is 0 Å². The maximum absolute atomic E-state index is 11.9. The molecule has 0 aromatic carbocycles. The van der Waals surface area contributed by atoms with Gasteiger partial charge in [0.05, 0.1) is 10.1 Å². The maximum atomic E-state index is 11.9. The molecule has 17 heteroatoms. The Hall–Kier alpha value is -1.98. The maximum Gasteiger partial charge on any atom is 1.00 e. The summed E-state index contributed by atoms with van der Waals surface area (Å²) in [6.07, 6.45) is -8.63. The Labute approximate surface area is 223 Å². The van der Waals surface area contributed by atoms with E-state index in [2.05, 4.69) is 5.32 Å². The molecule has 0 aromatic rings. The Bertz CT molecular complexity index is 878. The fourth-order valence-corrected chi connectivity index (χ4v) is 3.39. The number of amides is 1. The van der Waals surface area contributed by atoms with Gasteiger partial charge in [0.25, 0.3) is 0 Å². The van der Waals surface area contributed by atoms with Gasteiger partial charge in [-0.1, -0.05) is 0 Å². The third kappa shape index (κ3) is 13.1. The molecule has 1 heterocycles. The summed E-state index contributed by atoms with van der Waals surface area (Å²) in [5.74, 6) is -4.08. The van der Waals surface area contributed by atoms with Crippen molar-refractivity contribution in [3.8, 4) is 0 Å². The molecule has 0 aliphatic carbocycles. The number of carbonyl (C=O) groups excluding carboxylic acids is 5. The van der Waals surface area contributed by atoms with Crippen molar-refractivity contribution in [2.45, 2.75) is 64.8 Å². The number of hydrogen-bond donors (Lipinski definition) is 1. The summed E-state index contributed by atoms with van der Waals surface area (Å²) in [7, 11) is -4.45. The summed E-state index contributed by atoms with van der Waals surface area (Å²) in [5, 5.41) is 2.20. The van der Waals surface area contributed by atoms with Crippen LogP contribution in [0.3, 0.4) is 0 Å². The third-order valence-electron chi connectivity index (χ3n) is 4.00. The quantitative estimate of drug-likeness (QED) is 0.0923. The van der Waals surface area contributed by atoms with E-state index in [1.807, 2.05) is 0 Å². The van der Waals surface area contributed by atoms with Crippen LogP contribution in [0.4, 0.5) is 4.79 Å². The van der Waals surface area contributed by atoms with Gasteiger partial charge in [-0.15, -0.1) is 0 Å². The van der Waals surface area contributed by atoms with Crippen molar-refractivity contribution in [3.05, 3.63) is 0 Å². The minimum absolute atomic E-state index is 0.